The zero-order chi connectivity index (χ0) is 45.9. The predicted octanol–water partition coefficient (Wildman–Crippen LogP) is 19.8. The van der Waals surface area contributed by atoms with Crippen LogP contribution in [0.1, 0.15) is 0 Å². The van der Waals surface area contributed by atoms with Gasteiger partial charge in [0.1, 0.15) is 0 Å². The second-order valence-corrected chi connectivity index (χ2v) is 20.5. The summed E-state index contributed by atoms with van der Waals surface area (Å²) < 4.78 is 7.64. The van der Waals surface area contributed by atoms with E-state index in [1.165, 1.54) is 117 Å². The standard InChI is InChI=1S/C66H40N2S2/c1-2-14-45-36-49(33-26-41(45)12-1)67(48-31-27-43(28-32-48)52-19-11-20-56-54-17-6-9-22-63(54)69-65(52)56)62-39-47(38-59-55-18-7-10-23-64(55)70-66(59)62)46-30-35-61-58(37-46)53-16-5-8-21-60(53)68(61)50-34-29-44-25-24-42-13-3-4-15-51(42)57(44)40-50/h1-40H. The SMILES string of the molecule is c1ccc2cc(N(c3ccc(-c4cccc5c4sc4ccccc45)cc3)c3cc(-c4ccc5c(c4)c4ccccc4n5-c4ccc5ccc6ccccc6c5c4)cc4c3sc3ccccc34)ccc2c1. The Morgan fingerprint density at radius 3 is 1.71 bits per heavy atom. The van der Waals surface area contributed by atoms with Crippen molar-refractivity contribution in [2.45, 2.75) is 0 Å². The zero-order valence-electron chi connectivity index (χ0n) is 37.8. The van der Waals surface area contributed by atoms with E-state index in [1.54, 1.807) is 0 Å². The summed E-state index contributed by atoms with van der Waals surface area (Å²) >= 11 is 3.76. The molecule has 12 aromatic carbocycles. The van der Waals surface area contributed by atoms with Gasteiger partial charge in [0.15, 0.2) is 0 Å². The second-order valence-electron chi connectivity index (χ2n) is 18.4. The maximum absolute atomic E-state index is 2.49. The van der Waals surface area contributed by atoms with Crippen LogP contribution in [-0.2, 0) is 0 Å². The molecule has 0 N–H and O–H groups in total. The number of benzene rings is 12. The molecule has 15 aromatic rings. The molecule has 4 heteroatoms. The Hall–Kier alpha value is -8.54. The monoisotopic (exact) mass is 924 g/mol. The summed E-state index contributed by atoms with van der Waals surface area (Å²) in [6, 6.07) is 90.2. The van der Waals surface area contributed by atoms with Crippen LogP contribution in [-0.4, -0.2) is 4.57 Å². The fourth-order valence-electron chi connectivity index (χ4n) is 11.2. The van der Waals surface area contributed by atoms with Crippen molar-refractivity contribution in [2.75, 3.05) is 4.90 Å². The van der Waals surface area contributed by atoms with E-state index in [0.29, 0.717) is 0 Å². The lowest BCUT2D eigenvalue weighted by Gasteiger charge is -2.27. The topological polar surface area (TPSA) is 8.17 Å². The maximum Gasteiger partial charge on any atom is 0.0646 e. The number of nitrogens with zero attached hydrogens (tertiary/aromatic N) is 2. The van der Waals surface area contributed by atoms with E-state index >= 15 is 0 Å². The average molecular weight is 925 g/mol. The minimum absolute atomic E-state index is 1.11. The first-order chi connectivity index (χ1) is 34.7. The third-order valence-electron chi connectivity index (χ3n) is 14.5. The van der Waals surface area contributed by atoms with Gasteiger partial charge in [-0.05, 0) is 133 Å². The van der Waals surface area contributed by atoms with Crippen molar-refractivity contribution in [3.8, 4) is 27.9 Å². The third kappa shape index (κ3) is 6.10. The lowest BCUT2D eigenvalue weighted by molar-refractivity contribution is 1.19. The van der Waals surface area contributed by atoms with Crippen LogP contribution in [0, 0.1) is 0 Å². The molecule has 0 radical (unpaired) electrons. The Bertz CT molecular complexity index is 4610. The molecule has 0 unspecified atom stereocenters. The quantitative estimate of drug-likeness (QED) is 0.151. The van der Waals surface area contributed by atoms with Crippen molar-refractivity contribution in [1.82, 2.24) is 4.57 Å². The van der Waals surface area contributed by atoms with Gasteiger partial charge in [0.2, 0.25) is 0 Å². The molecule has 0 atom stereocenters. The molecule has 0 bridgehead atoms. The van der Waals surface area contributed by atoms with Gasteiger partial charge >= 0.3 is 0 Å². The Morgan fingerprint density at radius 2 is 0.886 bits per heavy atom. The van der Waals surface area contributed by atoms with Gasteiger partial charge in [0.25, 0.3) is 0 Å². The highest BCUT2D eigenvalue weighted by Crippen LogP contribution is 2.49. The van der Waals surface area contributed by atoms with E-state index in [2.05, 4.69) is 252 Å². The van der Waals surface area contributed by atoms with Gasteiger partial charge in [-0.15, -0.1) is 22.7 Å². The van der Waals surface area contributed by atoms with Gasteiger partial charge in [-0.1, -0.05) is 164 Å². The second kappa shape index (κ2) is 15.5. The number of para-hydroxylation sites is 1. The summed E-state index contributed by atoms with van der Waals surface area (Å²) in [6.07, 6.45) is 0. The Morgan fingerprint density at radius 1 is 0.300 bits per heavy atom. The minimum atomic E-state index is 1.11. The van der Waals surface area contributed by atoms with Crippen LogP contribution < -0.4 is 4.90 Å². The molecule has 0 saturated carbocycles. The van der Waals surface area contributed by atoms with E-state index in [-0.39, 0.29) is 0 Å². The number of aromatic nitrogens is 1. The van der Waals surface area contributed by atoms with Crippen molar-refractivity contribution in [1.29, 1.82) is 0 Å². The van der Waals surface area contributed by atoms with Crippen LogP contribution in [0.2, 0.25) is 0 Å². The van der Waals surface area contributed by atoms with Gasteiger partial charge < -0.3 is 9.47 Å². The molecule has 2 nitrogen and oxygen atoms in total. The molecule has 0 aliphatic rings. The fraction of sp³-hybridized carbons (Fsp3) is 0. The highest BCUT2D eigenvalue weighted by Gasteiger charge is 2.22. The molecular weight excluding hydrogens is 885 g/mol. The minimum Gasteiger partial charge on any atom is -0.309 e. The summed E-state index contributed by atoms with van der Waals surface area (Å²) in [5, 5.41) is 15.1. The highest BCUT2D eigenvalue weighted by atomic mass is 32.1. The molecular formula is C66H40N2S2. The molecule has 70 heavy (non-hydrogen) atoms. The highest BCUT2D eigenvalue weighted by molar-refractivity contribution is 7.26. The Kier molecular flexibility index (Phi) is 8.73. The Labute approximate surface area is 411 Å². The summed E-state index contributed by atoms with van der Waals surface area (Å²) in [5.41, 5.74) is 11.8. The van der Waals surface area contributed by atoms with Crippen molar-refractivity contribution >= 4 is 134 Å². The van der Waals surface area contributed by atoms with Crippen molar-refractivity contribution in [2.24, 2.45) is 0 Å². The first-order valence-corrected chi connectivity index (χ1v) is 25.5. The number of hydrogen-bond acceptors (Lipinski definition) is 3. The lowest BCUT2D eigenvalue weighted by Crippen LogP contribution is -2.10. The lowest BCUT2D eigenvalue weighted by atomic mass is 9.98. The van der Waals surface area contributed by atoms with Crippen LogP contribution in [0.3, 0.4) is 0 Å². The fourth-order valence-corrected chi connectivity index (χ4v) is 13.6. The van der Waals surface area contributed by atoms with Crippen LogP contribution in [0.25, 0.3) is 122 Å². The van der Waals surface area contributed by atoms with E-state index in [9.17, 15) is 0 Å². The molecule has 0 aliphatic heterocycles. The zero-order valence-corrected chi connectivity index (χ0v) is 39.4. The number of rotatable bonds is 6. The summed E-state index contributed by atoms with van der Waals surface area (Å²) in [6.45, 7) is 0. The summed E-state index contributed by atoms with van der Waals surface area (Å²) in [5.74, 6) is 0. The van der Waals surface area contributed by atoms with Crippen molar-refractivity contribution in [3.63, 3.8) is 0 Å². The number of hydrogen-bond donors (Lipinski definition) is 0. The van der Waals surface area contributed by atoms with Gasteiger partial charge in [0.05, 0.1) is 21.4 Å². The average Bonchev–Trinajstić information content (AvgIpc) is 4.11. The predicted molar refractivity (Wildman–Crippen MR) is 305 cm³/mol. The molecule has 3 aromatic heterocycles. The van der Waals surface area contributed by atoms with Crippen molar-refractivity contribution < 1.29 is 0 Å². The molecule has 3 heterocycles. The van der Waals surface area contributed by atoms with Gasteiger partial charge in [0, 0.05) is 63.5 Å². The molecule has 0 saturated heterocycles. The van der Waals surface area contributed by atoms with Crippen LogP contribution in [0.15, 0.2) is 243 Å². The van der Waals surface area contributed by atoms with Crippen LogP contribution >= 0.6 is 22.7 Å². The number of thiophene rings is 2. The summed E-state index contributed by atoms with van der Waals surface area (Å²) in [4.78, 5) is 2.49. The van der Waals surface area contributed by atoms with Crippen LogP contribution in [0.4, 0.5) is 17.1 Å². The maximum atomic E-state index is 2.49. The summed E-state index contributed by atoms with van der Waals surface area (Å²) in [7, 11) is 0. The Balaban J connectivity index is 0.933. The molecule has 0 amide bonds. The molecule has 0 aliphatic carbocycles. The molecule has 326 valence electrons. The first kappa shape index (κ1) is 39.5. The van der Waals surface area contributed by atoms with E-state index in [0.717, 1.165) is 22.7 Å². The first-order valence-electron chi connectivity index (χ1n) is 23.9. The molecule has 15 rings (SSSR count). The largest absolute Gasteiger partial charge is 0.309 e. The van der Waals surface area contributed by atoms with Crippen LogP contribution in [0.5, 0.6) is 0 Å². The van der Waals surface area contributed by atoms with Gasteiger partial charge in [-0.25, -0.2) is 0 Å². The van der Waals surface area contributed by atoms with Gasteiger partial charge in [-0.2, -0.15) is 0 Å². The van der Waals surface area contributed by atoms with Gasteiger partial charge in [-0.3, -0.25) is 0 Å². The third-order valence-corrected chi connectivity index (χ3v) is 17.0. The smallest absolute Gasteiger partial charge is 0.0646 e. The molecule has 0 spiro atoms. The van der Waals surface area contributed by atoms with E-state index in [1.807, 2.05) is 22.7 Å². The number of fused-ring (bicyclic) bond motifs is 13. The normalized spacial score (nSPS) is 12.0. The molecule has 0 fully saturated rings. The van der Waals surface area contributed by atoms with Crippen molar-refractivity contribution in [3.05, 3.63) is 243 Å². The van der Waals surface area contributed by atoms with E-state index in [4.69, 9.17) is 0 Å². The van der Waals surface area contributed by atoms with E-state index < -0.39 is 0 Å². The number of anilines is 3.